The monoisotopic (exact) mass is 267 g/mol. The van der Waals surface area contributed by atoms with Gasteiger partial charge in [-0.2, -0.15) is 5.10 Å². The molecule has 19 heavy (non-hydrogen) atoms. The Morgan fingerprint density at radius 3 is 2.84 bits per heavy atom. The molecule has 1 fully saturated rings. The number of likely N-dealkylation sites (tertiary alicyclic amines) is 1. The number of hydrogen-bond acceptors (Lipinski definition) is 5. The van der Waals surface area contributed by atoms with Crippen molar-refractivity contribution in [3.8, 4) is 0 Å². The van der Waals surface area contributed by atoms with E-state index in [2.05, 4.69) is 20.5 Å². The summed E-state index contributed by atoms with van der Waals surface area (Å²) in [6, 6.07) is 0.0985. The highest BCUT2D eigenvalue weighted by Gasteiger charge is 2.25. The summed E-state index contributed by atoms with van der Waals surface area (Å²) in [5, 5.41) is 9.09. The first-order valence-electron chi connectivity index (χ1n) is 6.13. The first kappa shape index (κ1) is 13.5. The first-order chi connectivity index (χ1) is 9.20. The Morgan fingerprint density at radius 2 is 2.26 bits per heavy atom. The number of nitrogens with one attached hydrogen (secondary N) is 2. The standard InChI is InChI=1S/C11H17N5O3/c1-19-6-9(17)14-8-2-4-16(5-3-8)11(18)10-12-7-13-15-10/h7-8H,2-6H2,1H3,(H,14,17)(H,12,13,15). The van der Waals surface area contributed by atoms with Gasteiger partial charge in [0.2, 0.25) is 11.7 Å². The van der Waals surface area contributed by atoms with Gasteiger partial charge in [0, 0.05) is 26.2 Å². The Bertz CT molecular complexity index is 426. The Balaban J connectivity index is 1.79. The summed E-state index contributed by atoms with van der Waals surface area (Å²) < 4.78 is 4.76. The molecule has 0 saturated carbocycles. The highest BCUT2D eigenvalue weighted by molar-refractivity contribution is 5.90. The third-order valence-electron chi connectivity index (χ3n) is 3.04. The molecule has 1 aromatic heterocycles. The third kappa shape index (κ3) is 3.50. The number of hydrogen-bond donors (Lipinski definition) is 2. The molecule has 2 N–H and O–H groups in total. The summed E-state index contributed by atoms with van der Waals surface area (Å²) >= 11 is 0. The molecule has 2 heterocycles. The van der Waals surface area contributed by atoms with Gasteiger partial charge >= 0.3 is 0 Å². The number of nitrogens with zero attached hydrogens (tertiary/aromatic N) is 3. The lowest BCUT2D eigenvalue weighted by Crippen LogP contribution is -2.47. The number of H-pyrrole nitrogens is 1. The number of carbonyl (C=O) groups is 2. The summed E-state index contributed by atoms with van der Waals surface area (Å²) in [7, 11) is 1.48. The van der Waals surface area contributed by atoms with Crippen LogP contribution in [0.3, 0.4) is 0 Å². The lowest BCUT2D eigenvalue weighted by Gasteiger charge is -2.31. The van der Waals surface area contributed by atoms with E-state index in [9.17, 15) is 9.59 Å². The van der Waals surface area contributed by atoms with Crippen LogP contribution in [-0.2, 0) is 9.53 Å². The average Bonchev–Trinajstić information content (AvgIpc) is 2.93. The Kier molecular flexibility index (Phi) is 4.45. The fourth-order valence-corrected chi connectivity index (χ4v) is 2.09. The fraction of sp³-hybridized carbons (Fsp3) is 0.636. The minimum absolute atomic E-state index is 0.0667. The zero-order valence-corrected chi connectivity index (χ0v) is 10.8. The van der Waals surface area contributed by atoms with Gasteiger partial charge < -0.3 is 15.0 Å². The fourth-order valence-electron chi connectivity index (χ4n) is 2.09. The van der Waals surface area contributed by atoms with Crippen LogP contribution < -0.4 is 5.32 Å². The lowest BCUT2D eigenvalue weighted by molar-refractivity contribution is -0.125. The molecule has 0 aromatic carbocycles. The van der Waals surface area contributed by atoms with Gasteiger partial charge in [-0.1, -0.05) is 0 Å². The van der Waals surface area contributed by atoms with Crippen LogP contribution in [0.4, 0.5) is 0 Å². The Labute approximate surface area is 110 Å². The molecule has 0 radical (unpaired) electrons. The largest absolute Gasteiger partial charge is 0.375 e. The van der Waals surface area contributed by atoms with E-state index in [0.717, 1.165) is 12.8 Å². The summed E-state index contributed by atoms with van der Waals surface area (Å²) in [4.78, 5) is 28.9. The molecule has 1 saturated heterocycles. The molecule has 0 atom stereocenters. The number of carbonyl (C=O) groups excluding carboxylic acids is 2. The van der Waals surface area contributed by atoms with E-state index in [1.807, 2.05) is 0 Å². The molecule has 2 rings (SSSR count). The van der Waals surface area contributed by atoms with Crippen LogP contribution in [0.1, 0.15) is 23.5 Å². The van der Waals surface area contributed by atoms with Crippen LogP contribution in [0.25, 0.3) is 0 Å². The molecule has 0 unspecified atom stereocenters. The van der Waals surface area contributed by atoms with Gasteiger partial charge in [0.25, 0.3) is 5.91 Å². The van der Waals surface area contributed by atoms with Crippen molar-refractivity contribution in [3.05, 3.63) is 12.2 Å². The van der Waals surface area contributed by atoms with Crippen LogP contribution in [0.2, 0.25) is 0 Å². The van der Waals surface area contributed by atoms with Crippen molar-refractivity contribution in [2.75, 3.05) is 26.8 Å². The predicted molar refractivity (Wildman–Crippen MR) is 65.3 cm³/mol. The molecule has 0 aliphatic carbocycles. The molecule has 104 valence electrons. The number of methoxy groups -OCH3 is 1. The molecule has 8 heteroatoms. The van der Waals surface area contributed by atoms with E-state index in [-0.39, 0.29) is 30.3 Å². The van der Waals surface area contributed by atoms with Crippen LogP contribution >= 0.6 is 0 Å². The van der Waals surface area contributed by atoms with E-state index in [0.29, 0.717) is 13.1 Å². The lowest BCUT2D eigenvalue weighted by atomic mass is 10.0. The Morgan fingerprint density at radius 1 is 1.53 bits per heavy atom. The smallest absolute Gasteiger partial charge is 0.291 e. The summed E-state index contributed by atoms with van der Waals surface area (Å²) in [5.41, 5.74) is 0. The van der Waals surface area contributed by atoms with Crippen molar-refractivity contribution in [1.29, 1.82) is 0 Å². The van der Waals surface area contributed by atoms with Crippen molar-refractivity contribution in [1.82, 2.24) is 25.4 Å². The number of piperidine rings is 1. The van der Waals surface area contributed by atoms with Gasteiger partial charge in [-0.25, -0.2) is 4.98 Å². The van der Waals surface area contributed by atoms with Gasteiger partial charge in [-0.3, -0.25) is 14.7 Å². The number of rotatable bonds is 4. The highest BCUT2D eigenvalue weighted by Crippen LogP contribution is 2.12. The molecule has 0 bridgehead atoms. The Hall–Kier alpha value is -1.96. The maximum atomic E-state index is 12.0. The van der Waals surface area contributed by atoms with Crippen LogP contribution in [-0.4, -0.2) is 64.7 Å². The number of aromatic nitrogens is 3. The van der Waals surface area contributed by atoms with Gasteiger partial charge in [-0.15, -0.1) is 0 Å². The second-order valence-corrected chi connectivity index (χ2v) is 4.40. The molecule has 1 aliphatic heterocycles. The van der Waals surface area contributed by atoms with Crippen LogP contribution in [0.5, 0.6) is 0 Å². The topological polar surface area (TPSA) is 100 Å². The molecular weight excluding hydrogens is 250 g/mol. The third-order valence-corrected chi connectivity index (χ3v) is 3.04. The number of ether oxygens (including phenoxy) is 1. The van der Waals surface area contributed by atoms with Crippen molar-refractivity contribution < 1.29 is 14.3 Å². The zero-order valence-electron chi connectivity index (χ0n) is 10.8. The highest BCUT2D eigenvalue weighted by atomic mass is 16.5. The molecule has 8 nitrogen and oxygen atoms in total. The minimum Gasteiger partial charge on any atom is -0.375 e. The van der Waals surface area contributed by atoms with E-state index in [1.165, 1.54) is 13.4 Å². The maximum Gasteiger partial charge on any atom is 0.291 e. The second kappa shape index (κ2) is 6.28. The normalized spacial score (nSPS) is 16.4. The predicted octanol–water partition coefficient (Wildman–Crippen LogP) is -0.828. The quantitative estimate of drug-likeness (QED) is 0.741. The number of amides is 2. The molecule has 1 aromatic rings. The van der Waals surface area contributed by atoms with Crippen molar-refractivity contribution in [3.63, 3.8) is 0 Å². The summed E-state index contributed by atoms with van der Waals surface area (Å²) in [6.07, 6.45) is 2.77. The van der Waals surface area contributed by atoms with Crippen molar-refractivity contribution in [2.24, 2.45) is 0 Å². The molecular formula is C11H17N5O3. The van der Waals surface area contributed by atoms with Crippen molar-refractivity contribution >= 4 is 11.8 Å². The summed E-state index contributed by atoms with van der Waals surface area (Å²) in [6.45, 7) is 1.26. The van der Waals surface area contributed by atoms with Crippen molar-refractivity contribution in [2.45, 2.75) is 18.9 Å². The second-order valence-electron chi connectivity index (χ2n) is 4.40. The molecule has 1 aliphatic rings. The van der Waals surface area contributed by atoms with Crippen LogP contribution in [0, 0.1) is 0 Å². The van der Waals surface area contributed by atoms with E-state index >= 15 is 0 Å². The minimum atomic E-state index is -0.154. The van der Waals surface area contributed by atoms with E-state index < -0.39 is 0 Å². The molecule has 2 amide bonds. The first-order valence-corrected chi connectivity index (χ1v) is 6.13. The van der Waals surface area contributed by atoms with Gasteiger partial charge in [0.1, 0.15) is 12.9 Å². The number of aromatic amines is 1. The average molecular weight is 267 g/mol. The maximum absolute atomic E-state index is 12.0. The molecule has 0 spiro atoms. The van der Waals surface area contributed by atoms with E-state index in [4.69, 9.17) is 4.74 Å². The zero-order chi connectivity index (χ0) is 13.7. The van der Waals surface area contributed by atoms with Gasteiger partial charge in [-0.05, 0) is 12.8 Å². The van der Waals surface area contributed by atoms with Gasteiger partial charge in [0.05, 0.1) is 0 Å². The van der Waals surface area contributed by atoms with Crippen LogP contribution in [0.15, 0.2) is 6.33 Å². The SMILES string of the molecule is COCC(=O)NC1CCN(C(=O)c2ncn[nH]2)CC1. The summed E-state index contributed by atoms with van der Waals surface area (Å²) in [5.74, 6) is -0.0245. The van der Waals surface area contributed by atoms with E-state index in [1.54, 1.807) is 4.90 Å². The van der Waals surface area contributed by atoms with Gasteiger partial charge in [0.15, 0.2) is 0 Å².